The van der Waals surface area contributed by atoms with Crippen molar-refractivity contribution in [2.24, 2.45) is 0 Å². The summed E-state index contributed by atoms with van der Waals surface area (Å²) in [7, 11) is 0. The summed E-state index contributed by atoms with van der Waals surface area (Å²) in [6.07, 6.45) is 9.00. The van der Waals surface area contributed by atoms with Gasteiger partial charge < -0.3 is 0 Å². The van der Waals surface area contributed by atoms with Crippen LogP contribution in [0.3, 0.4) is 0 Å². The maximum absolute atomic E-state index is 1.50. The van der Waals surface area contributed by atoms with Crippen LogP contribution in [-0.2, 0) is 0 Å². The van der Waals surface area contributed by atoms with Crippen LogP contribution >= 0.6 is 0 Å². The van der Waals surface area contributed by atoms with E-state index >= 15 is 0 Å². The number of hydrogen-bond donors (Lipinski definition) is 0. The van der Waals surface area contributed by atoms with Crippen LogP contribution in [-0.4, -0.2) is 51.4 Å². The van der Waals surface area contributed by atoms with Gasteiger partial charge >= 0.3 is 0 Å². The Labute approximate surface area is 88.5 Å². The molecule has 1 aliphatic carbocycles. The third-order valence-electron chi connectivity index (χ3n) is 1.50. The van der Waals surface area contributed by atoms with Crippen molar-refractivity contribution in [2.75, 3.05) is 0 Å². The molecule has 7 heavy (non-hydrogen) atoms. The summed E-state index contributed by atoms with van der Waals surface area (Å²) in [6, 6.07) is 0. The van der Waals surface area contributed by atoms with Crippen molar-refractivity contribution in [3.8, 4) is 0 Å². The van der Waals surface area contributed by atoms with Gasteiger partial charge in [0, 0.05) is 51.4 Å². The summed E-state index contributed by atoms with van der Waals surface area (Å²) < 4.78 is 0. The minimum atomic E-state index is 0. The second kappa shape index (κ2) is 5.77. The molecule has 0 nitrogen and oxygen atoms in total. The first-order chi connectivity index (χ1) is 3.00. The van der Waals surface area contributed by atoms with Crippen molar-refractivity contribution < 1.29 is 0 Å². The van der Waals surface area contributed by atoms with Crippen molar-refractivity contribution in [1.82, 2.24) is 0 Å². The van der Waals surface area contributed by atoms with Crippen LogP contribution < -0.4 is 0 Å². The topological polar surface area (TPSA) is 0 Å². The second-order valence-electron chi connectivity index (χ2n) is 2.12. The van der Waals surface area contributed by atoms with Gasteiger partial charge in [-0.15, -0.1) is 0 Å². The fourth-order valence-corrected chi connectivity index (χ4v) is 1.06. The predicted octanol–water partition coefficient (Wildman–Crippen LogP) is 1.96. The Morgan fingerprint density at radius 3 is 0.714 bits per heavy atom. The van der Waals surface area contributed by atoms with Crippen molar-refractivity contribution in [2.45, 2.75) is 38.5 Å². The van der Waals surface area contributed by atoms with E-state index in [2.05, 4.69) is 0 Å². The molecule has 0 N–H and O–H groups in total. The summed E-state index contributed by atoms with van der Waals surface area (Å²) in [4.78, 5) is 0. The molecule has 1 rings (SSSR count). The van der Waals surface area contributed by atoms with E-state index in [1.807, 2.05) is 0 Å². The van der Waals surface area contributed by atoms with E-state index in [0.717, 1.165) is 0 Å². The first-order valence-electron chi connectivity index (χ1n) is 3.00. The van der Waals surface area contributed by atoms with Crippen LogP contribution in [0.4, 0.5) is 0 Å². The molecule has 1 saturated carbocycles. The van der Waals surface area contributed by atoms with E-state index in [1.54, 1.807) is 0 Å². The molecule has 37 valence electrons. The molecular weight excluding hydrogens is 111 g/mol. The molecule has 1 heteroatoms. The van der Waals surface area contributed by atoms with E-state index < -0.39 is 0 Å². The molecule has 0 unspecified atom stereocenters. The van der Waals surface area contributed by atoms with E-state index in [9.17, 15) is 0 Å². The Morgan fingerprint density at radius 2 is 0.571 bits per heavy atom. The molecular formula is C6H12K. The molecule has 0 amide bonds. The van der Waals surface area contributed by atoms with Gasteiger partial charge in [-0.25, -0.2) is 0 Å². The summed E-state index contributed by atoms with van der Waals surface area (Å²) in [5.74, 6) is 0. The summed E-state index contributed by atoms with van der Waals surface area (Å²) in [5, 5.41) is 0. The smallest absolute Gasteiger partial charge is 0 e. The molecule has 1 radical (unpaired) electrons. The van der Waals surface area contributed by atoms with Crippen molar-refractivity contribution in [3.05, 3.63) is 0 Å². The normalized spacial score (nSPS) is 20.6. The third-order valence-corrected chi connectivity index (χ3v) is 1.50. The number of rotatable bonds is 0. The fourth-order valence-electron chi connectivity index (χ4n) is 1.06. The van der Waals surface area contributed by atoms with Gasteiger partial charge in [-0.2, -0.15) is 0 Å². The van der Waals surface area contributed by atoms with Gasteiger partial charge in [0.2, 0.25) is 0 Å². The first kappa shape index (κ1) is 8.64. The third kappa shape index (κ3) is 4.16. The molecule has 0 bridgehead atoms. The molecule has 0 aromatic rings. The van der Waals surface area contributed by atoms with E-state index in [0.29, 0.717) is 0 Å². The summed E-state index contributed by atoms with van der Waals surface area (Å²) >= 11 is 0. The van der Waals surface area contributed by atoms with Gasteiger partial charge in [0.25, 0.3) is 0 Å². The molecule has 1 fully saturated rings. The van der Waals surface area contributed by atoms with Crippen molar-refractivity contribution >= 4 is 51.4 Å². The zero-order valence-corrected chi connectivity index (χ0v) is 8.37. The molecule has 0 heterocycles. The molecule has 1 aliphatic rings. The van der Waals surface area contributed by atoms with Crippen LogP contribution in [0.5, 0.6) is 0 Å². The molecule has 0 aromatic heterocycles. The van der Waals surface area contributed by atoms with Gasteiger partial charge in [0.1, 0.15) is 0 Å². The van der Waals surface area contributed by atoms with E-state index in [-0.39, 0.29) is 51.4 Å². The molecule has 0 spiro atoms. The van der Waals surface area contributed by atoms with Gasteiger partial charge in [-0.3, -0.25) is 0 Å². The molecule has 0 aromatic carbocycles. The first-order valence-corrected chi connectivity index (χ1v) is 3.00. The largest absolute Gasteiger partial charge is 0.0533 e. The van der Waals surface area contributed by atoms with Crippen LogP contribution in [0.1, 0.15) is 38.5 Å². The summed E-state index contributed by atoms with van der Waals surface area (Å²) in [5.41, 5.74) is 0. The Hall–Kier alpha value is 1.64. The van der Waals surface area contributed by atoms with Crippen LogP contribution in [0.2, 0.25) is 0 Å². The zero-order chi connectivity index (χ0) is 4.24. The van der Waals surface area contributed by atoms with Crippen LogP contribution in [0.25, 0.3) is 0 Å². The van der Waals surface area contributed by atoms with Gasteiger partial charge in [-0.1, -0.05) is 38.5 Å². The van der Waals surface area contributed by atoms with E-state index in [1.165, 1.54) is 38.5 Å². The molecule has 0 atom stereocenters. The second-order valence-corrected chi connectivity index (χ2v) is 2.12. The Balaban J connectivity index is 0.000000360. The monoisotopic (exact) mass is 123 g/mol. The molecule has 0 aliphatic heterocycles. The van der Waals surface area contributed by atoms with Crippen molar-refractivity contribution in [1.29, 1.82) is 0 Å². The quantitative estimate of drug-likeness (QED) is 0.432. The maximum Gasteiger partial charge on any atom is 0 e. The predicted molar refractivity (Wildman–Crippen MR) is 33.5 cm³/mol. The van der Waals surface area contributed by atoms with E-state index in [4.69, 9.17) is 0 Å². The Bertz CT molecular complexity index is 19.7. The number of hydrogen-bond acceptors (Lipinski definition) is 0. The van der Waals surface area contributed by atoms with Gasteiger partial charge in [0.05, 0.1) is 0 Å². The Kier molecular flexibility index (Phi) is 7.12. The van der Waals surface area contributed by atoms with Crippen LogP contribution in [0.15, 0.2) is 0 Å². The summed E-state index contributed by atoms with van der Waals surface area (Å²) in [6.45, 7) is 0. The average molecular weight is 123 g/mol. The van der Waals surface area contributed by atoms with Gasteiger partial charge in [-0.05, 0) is 0 Å². The van der Waals surface area contributed by atoms with Crippen molar-refractivity contribution in [3.63, 3.8) is 0 Å². The average Bonchev–Trinajstić information content (AvgIpc) is 1.72. The SMILES string of the molecule is C1CCCCC1.[K]. The minimum absolute atomic E-state index is 0. The van der Waals surface area contributed by atoms with Crippen LogP contribution in [0, 0.1) is 0 Å². The van der Waals surface area contributed by atoms with Gasteiger partial charge in [0.15, 0.2) is 0 Å². The Morgan fingerprint density at radius 1 is 0.429 bits per heavy atom. The standard InChI is InChI=1S/C6H12.K/c1-2-4-6-5-3-1;/h1-6H2;. The zero-order valence-electron chi connectivity index (χ0n) is 5.24. The maximum atomic E-state index is 1.50. The fraction of sp³-hybridized carbons (Fsp3) is 1.00. The molecule has 0 saturated heterocycles. The minimum Gasteiger partial charge on any atom is -0.0533 e.